The van der Waals surface area contributed by atoms with Crippen molar-refractivity contribution in [3.63, 3.8) is 0 Å². The van der Waals surface area contributed by atoms with Crippen LogP contribution in [0.15, 0.2) is 10.8 Å². The minimum Gasteiger partial charge on any atom is -0.383 e. The molecule has 0 aliphatic carbocycles. The van der Waals surface area contributed by atoms with Gasteiger partial charge in [0.25, 0.3) is 0 Å². The van der Waals surface area contributed by atoms with E-state index >= 15 is 0 Å². The van der Waals surface area contributed by atoms with Gasteiger partial charge in [0.05, 0.1) is 13.2 Å². The standard InChI is InChI=1S/C8H12BrN3O/c1-13-5-6-3-12-4-7(9)11-8(12)2-10-6/h4,6,10H,2-3,5H2,1H3/t6-/m0/s1. The minimum atomic E-state index is 0.401. The van der Waals surface area contributed by atoms with Crippen LogP contribution < -0.4 is 5.32 Å². The number of hydrogen-bond donors (Lipinski definition) is 1. The molecule has 4 nitrogen and oxygen atoms in total. The lowest BCUT2D eigenvalue weighted by molar-refractivity contribution is 0.150. The number of imidazole rings is 1. The van der Waals surface area contributed by atoms with Gasteiger partial charge in [-0.15, -0.1) is 0 Å². The fraction of sp³-hybridized carbons (Fsp3) is 0.625. The molecular formula is C8H12BrN3O. The first kappa shape index (κ1) is 9.18. The first-order chi connectivity index (χ1) is 6.29. The number of ether oxygens (including phenoxy) is 1. The molecule has 1 aliphatic rings. The molecule has 1 aromatic rings. The second-order valence-electron chi connectivity index (χ2n) is 3.17. The molecule has 1 aromatic heterocycles. The molecule has 0 amide bonds. The molecule has 72 valence electrons. The molecule has 0 spiro atoms. The third-order valence-electron chi connectivity index (χ3n) is 2.16. The Kier molecular flexibility index (Phi) is 2.66. The van der Waals surface area contributed by atoms with E-state index in [0.29, 0.717) is 6.04 Å². The lowest BCUT2D eigenvalue weighted by Crippen LogP contribution is -2.41. The zero-order chi connectivity index (χ0) is 9.26. The highest BCUT2D eigenvalue weighted by molar-refractivity contribution is 9.10. The van der Waals surface area contributed by atoms with Crippen LogP contribution in [0.5, 0.6) is 0 Å². The summed E-state index contributed by atoms with van der Waals surface area (Å²) < 4.78 is 8.16. The van der Waals surface area contributed by atoms with E-state index in [1.165, 1.54) is 0 Å². The number of aromatic nitrogens is 2. The van der Waals surface area contributed by atoms with Crippen molar-refractivity contribution in [2.24, 2.45) is 0 Å². The summed E-state index contributed by atoms with van der Waals surface area (Å²) in [7, 11) is 1.72. The predicted molar refractivity (Wildman–Crippen MR) is 52.4 cm³/mol. The summed E-state index contributed by atoms with van der Waals surface area (Å²) in [4.78, 5) is 4.32. The van der Waals surface area contributed by atoms with E-state index in [1.54, 1.807) is 7.11 Å². The molecule has 0 saturated carbocycles. The summed E-state index contributed by atoms with van der Waals surface area (Å²) in [6.07, 6.45) is 2.01. The number of methoxy groups -OCH3 is 1. The van der Waals surface area contributed by atoms with Gasteiger partial charge in [-0.3, -0.25) is 0 Å². The average Bonchev–Trinajstić information content (AvgIpc) is 2.44. The molecule has 0 fully saturated rings. The zero-order valence-electron chi connectivity index (χ0n) is 7.46. The van der Waals surface area contributed by atoms with Crippen molar-refractivity contribution in [2.75, 3.05) is 13.7 Å². The fourth-order valence-electron chi connectivity index (χ4n) is 1.57. The summed E-state index contributed by atoms with van der Waals surface area (Å²) in [5.41, 5.74) is 0. The smallest absolute Gasteiger partial charge is 0.124 e. The van der Waals surface area contributed by atoms with Crippen molar-refractivity contribution >= 4 is 15.9 Å². The van der Waals surface area contributed by atoms with E-state index in [0.717, 1.165) is 30.1 Å². The number of hydrogen-bond acceptors (Lipinski definition) is 3. The Bertz CT molecular complexity index is 300. The molecule has 2 rings (SSSR count). The SMILES string of the molecule is COC[C@@H]1Cn2cc(Br)nc2CN1. The Hall–Kier alpha value is -0.390. The molecule has 1 aliphatic heterocycles. The Morgan fingerprint density at radius 1 is 1.85 bits per heavy atom. The third-order valence-corrected chi connectivity index (χ3v) is 2.55. The summed E-state index contributed by atoms with van der Waals surface area (Å²) >= 11 is 3.36. The van der Waals surface area contributed by atoms with Crippen LogP contribution in [0, 0.1) is 0 Å². The fourth-order valence-corrected chi connectivity index (χ4v) is 2.02. The lowest BCUT2D eigenvalue weighted by Gasteiger charge is -2.24. The Morgan fingerprint density at radius 3 is 3.46 bits per heavy atom. The molecule has 0 unspecified atom stereocenters. The maximum absolute atomic E-state index is 5.10. The van der Waals surface area contributed by atoms with Crippen molar-refractivity contribution in [3.05, 3.63) is 16.6 Å². The second-order valence-corrected chi connectivity index (χ2v) is 3.98. The van der Waals surface area contributed by atoms with Crippen molar-refractivity contribution < 1.29 is 4.74 Å². The summed E-state index contributed by atoms with van der Waals surface area (Å²) in [5.74, 6) is 1.08. The van der Waals surface area contributed by atoms with E-state index in [4.69, 9.17) is 4.74 Å². The number of nitrogens with one attached hydrogen (secondary N) is 1. The van der Waals surface area contributed by atoms with Crippen molar-refractivity contribution in [1.82, 2.24) is 14.9 Å². The highest BCUT2D eigenvalue weighted by Crippen LogP contribution is 2.13. The van der Waals surface area contributed by atoms with Crippen LogP contribution in [0.2, 0.25) is 0 Å². The van der Waals surface area contributed by atoms with Gasteiger partial charge in [-0.25, -0.2) is 4.98 Å². The lowest BCUT2D eigenvalue weighted by atomic mass is 10.2. The number of rotatable bonds is 2. The summed E-state index contributed by atoms with van der Waals surface area (Å²) in [6, 6.07) is 0.401. The van der Waals surface area contributed by atoms with Crippen molar-refractivity contribution in [2.45, 2.75) is 19.1 Å². The van der Waals surface area contributed by atoms with E-state index in [2.05, 4.69) is 30.8 Å². The van der Waals surface area contributed by atoms with Gasteiger partial charge in [0, 0.05) is 25.9 Å². The minimum absolute atomic E-state index is 0.401. The topological polar surface area (TPSA) is 39.1 Å². The monoisotopic (exact) mass is 245 g/mol. The van der Waals surface area contributed by atoms with Crippen LogP contribution in [0.1, 0.15) is 5.82 Å². The molecule has 2 heterocycles. The van der Waals surface area contributed by atoms with E-state index in [-0.39, 0.29) is 0 Å². The molecular weight excluding hydrogens is 234 g/mol. The largest absolute Gasteiger partial charge is 0.383 e. The molecule has 0 radical (unpaired) electrons. The third kappa shape index (κ3) is 1.92. The first-order valence-electron chi connectivity index (χ1n) is 4.23. The van der Waals surface area contributed by atoms with Crippen LogP contribution in [0.25, 0.3) is 0 Å². The first-order valence-corrected chi connectivity index (χ1v) is 5.03. The van der Waals surface area contributed by atoms with Gasteiger partial charge in [-0.2, -0.15) is 0 Å². The Morgan fingerprint density at radius 2 is 2.69 bits per heavy atom. The maximum atomic E-state index is 5.10. The van der Waals surface area contributed by atoms with Gasteiger partial charge in [-0.05, 0) is 15.9 Å². The van der Waals surface area contributed by atoms with Gasteiger partial charge in [0.1, 0.15) is 10.4 Å². The van der Waals surface area contributed by atoms with Crippen LogP contribution in [-0.4, -0.2) is 29.3 Å². The van der Waals surface area contributed by atoms with Crippen molar-refractivity contribution in [3.8, 4) is 0 Å². The molecule has 0 aromatic carbocycles. The van der Waals surface area contributed by atoms with Gasteiger partial charge >= 0.3 is 0 Å². The summed E-state index contributed by atoms with van der Waals surface area (Å²) in [6.45, 7) is 2.50. The van der Waals surface area contributed by atoms with Gasteiger partial charge in [0.2, 0.25) is 0 Å². The Labute approximate surface area is 85.4 Å². The van der Waals surface area contributed by atoms with Gasteiger partial charge in [-0.1, -0.05) is 0 Å². The van der Waals surface area contributed by atoms with Crippen LogP contribution in [-0.2, 0) is 17.8 Å². The van der Waals surface area contributed by atoms with E-state index < -0.39 is 0 Å². The average molecular weight is 246 g/mol. The van der Waals surface area contributed by atoms with Gasteiger partial charge in [0.15, 0.2) is 0 Å². The Balaban J connectivity index is 2.10. The normalized spacial score (nSPS) is 21.5. The number of nitrogens with zero attached hydrogens (tertiary/aromatic N) is 2. The van der Waals surface area contributed by atoms with Crippen LogP contribution >= 0.6 is 15.9 Å². The molecule has 5 heteroatoms. The van der Waals surface area contributed by atoms with Crippen LogP contribution in [0.3, 0.4) is 0 Å². The van der Waals surface area contributed by atoms with Crippen molar-refractivity contribution in [1.29, 1.82) is 0 Å². The van der Waals surface area contributed by atoms with Gasteiger partial charge < -0.3 is 14.6 Å². The second kappa shape index (κ2) is 3.77. The zero-order valence-corrected chi connectivity index (χ0v) is 9.04. The predicted octanol–water partition coefficient (Wildman–Crippen LogP) is 0.764. The molecule has 1 atom stereocenters. The van der Waals surface area contributed by atoms with E-state index in [1.807, 2.05) is 6.20 Å². The van der Waals surface area contributed by atoms with Crippen LogP contribution in [0.4, 0.5) is 0 Å². The highest BCUT2D eigenvalue weighted by atomic mass is 79.9. The quantitative estimate of drug-likeness (QED) is 0.837. The molecule has 1 N–H and O–H groups in total. The van der Waals surface area contributed by atoms with E-state index in [9.17, 15) is 0 Å². The number of halogens is 1. The maximum Gasteiger partial charge on any atom is 0.124 e. The molecule has 0 bridgehead atoms. The summed E-state index contributed by atoms with van der Waals surface area (Å²) in [5, 5.41) is 3.36. The highest BCUT2D eigenvalue weighted by Gasteiger charge is 2.18. The number of fused-ring (bicyclic) bond motifs is 1. The molecule has 0 saturated heterocycles. The molecule has 13 heavy (non-hydrogen) atoms.